The molecular formula is C28H46O5. The average molecular weight is 463 g/mol. The van der Waals surface area contributed by atoms with Crippen molar-refractivity contribution in [3.63, 3.8) is 0 Å². The maximum atomic E-state index is 12.4. The summed E-state index contributed by atoms with van der Waals surface area (Å²) >= 11 is 0. The molecule has 0 spiro atoms. The molecule has 5 nitrogen and oxygen atoms in total. The molecule has 1 aliphatic heterocycles. The molecule has 5 heteroatoms. The van der Waals surface area contributed by atoms with Gasteiger partial charge in [-0.25, -0.2) is 4.79 Å². The first-order valence-electron chi connectivity index (χ1n) is 13.6. The summed E-state index contributed by atoms with van der Waals surface area (Å²) in [6.45, 7) is 4.32. The van der Waals surface area contributed by atoms with Gasteiger partial charge < -0.3 is 14.6 Å². The largest absolute Gasteiger partial charge is 0.454 e. The molecule has 1 heterocycles. The smallest absolute Gasteiger partial charge is 0.343 e. The number of hydrogen-bond acceptors (Lipinski definition) is 5. The summed E-state index contributed by atoms with van der Waals surface area (Å²) in [6, 6.07) is 0. The van der Waals surface area contributed by atoms with E-state index in [4.69, 9.17) is 9.47 Å². The van der Waals surface area contributed by atoms with E-state index in [0.717, 1.165) is 37.7 Å². The van der Waals surface area contributed by atoms with Gasteiger partial charge >= 0.3 is 11.9 Å². The van der Waals surface area contributed by atoms with Gasteiger partial charge in [0.1, 0.15) is 5.76 Å². The van der Waals surface area contributed by atoms with Crippen molar-refractivity contribution in [2.24, 2.45) is 0 Å². The van der Waals surface area contributed by atoms with E-state index in [1.165, 1.54) is 64.2 Å². The number of esters is 2. The lowest BCUT2D eigenvalue weighted by molar-refractivity contribution is -0.154. The van der Waals surface area contributed by atoms with E-state index in [1.807, 2.05) is 6.08 Å². The topological polar surface area (TPSA) is 72.8 Å². The Morgan fingerprint density at radius 3 is 2.09 bits per heavy atom. The van der Waals surface area contributed by atoms with Crippen LogP contribution in [-0.4, -0.2) is 29.3 Å². The molecule has 188 valence electrons. The van der Waals surface area contributed by atoms with Gasteiger partial charge in [-0.1, -0.05) is 97.3 Å². The lowest BCUT2D eigenvalue weighted by Crippen LogP contribution is -2.37. The van der Waals surface area contributed by atoms with E-state index < -0.39 is 18.2 Å². The van der Waals surface area contributed by atoms with Gasteiger partial charge in [-0.2, -0.15) is 0 Å². The van der Waals surface area contributed by atoms with Crippen molar-refractivity contribution in [1.29, 1.82) is 0 Å². The summed E-state index contributed by atoms with van der Waals surface area (Å²) in [6.07, 6.45) is 19.6. The Labute approximate surface area is 201 Å². The monoisotopic (exact) mass is 462 g/mol. The predicted molar refractivity (Wildman–Crippen MR) is 132 cm³/mol. The second-order valence-electron chi connectivity index (χ2n) is 9.65. The van der Waals surface area contributed by atoms with Gasteiger partial charge in [-0.05, 0) is 31.8 Å². The minimum atomic E-state index is -0.900. The van der Waals surface area contributed by atoms with Crippen molar-refractivity contribution in [3.05, 3.63) is 23.0 Å². The average Bonchev–Trinajstić information content (AvgIpc) is 3.12. The van der Waals surface area contributed by atoms with Crippen molar-refractivity contribution < 1.29 is 24.2 Å². The first-order chi connectivity index (χ1) is 16.1. The van der Waals surface area contributed by atoms with Crippen LogP contribution in [0.5, 0.6) is 0 Å². The fraction of sp³-hybridized carbons (Fsp3) is 0.786. The van der Waals surface area contributed by atoms with Crippen molar-refractivity contribution >= 4 is 11.9 Å². The van der Waals surface area contributed by atoms with Gasteiger partial charge in [0.15, 0.2) is 6.10 Å². The third-order valence-electron chi connectivity index (χ3n) is 6.73. The van der Waals surface area contributed by atoms with Gasteiger partial charge in [0.25, 0.3) is 0 Å². The Morgan fingerprint density at radius 1 is 0.939 bits per heavy atom. The van der Waals surface area contributed by atoms with Gasteiger partial charge in [0.2, 0.25) is 0 Å². The molecule has 0 aromatic heterocycles. The maximum absolute atomic E-state index is 12.4. The number of allylic oxidation sites excluding steroid dienone is 2. The molecule has 33 heavy (non-hydrogen) atoms. The molecule has 0 aromatic carbocycles. The molecule has 1 aliphatic carbocycles. The molecule has 0 amide bonds. The van der Waals surface area contributed by atoms with Gasteiger partial charge in [0.05, 0.1) is 11.7 Å². The number of aliphatic hydroxyl groups excluding tert-OH is 1. The SMILES string of the molecule is CCC/C=C1\OC(=O)C2=C1CC[C@@H](O)[C@H]2OC(=O)CCCCCCCCCCCCCCC. The van der Waals surface area contributed by atoms with E-state index in [9.17, 15) is 14.7 Å². The number of hydrogen-bond donors (Lipinski definition) is 1. The Hall–Kier alpha value is -1.62. The zero-order valence-corrected chi connectivity index (χ0v) is 21.0. The summed E-state index contributed by atoms with van der Waals surface area (Å²) < 4.78 is 11.0. The van der Waals surface area contributed by atoms with E-state index in [2.05, 4.69) is 13.8 Å². The number of carbonyl (C=O) groups is 2. The lowest BCUT2D eigenvalue weighted by atomic mass is 9.87. The number of rotatable bonds is 17. The zero-order chi connectivity index (χ0) is 23.9. The lowest BCUT2D eigenvalue weighted by Gasteiger charge is -2.27. The molecule has 1 N–H and O–H groups in total. The van der Waals surface area contributed by atoms with E-state index in [-0.39, 0.29) is 5.97 Å². The van der Waals surface area contributed by atoms with E-state index >= 15 is 0 Å². The van der Waals surface area contributed by atoms with E-state index in [1.54, 1.807) is 0 Å². The number of cyclic esters (lactones) is 1. The minimum absolute atomic E-state index is 0.331. The van der Waals surface area contributed by atoms with Crippen LogP contribution in [0.2, 0.25) is 0 Å². The fourth-order valence-corrected chi connectivity index (χ4v) is 4.72. The summed E-state index contributed by atoms with van der Waals surface area (Å²) in [4.78, 5) is 24.8. The molecule has 0 bridgehead atoms. The van der Waals surface area contributed by atoms with Crippen molar-refractivity contribution in [2.45, 2.75) is 142 Å². The van der Waals surface area contributed by atoms with Gasteiger partial charge in [-0.15, -0.1) is 0 Å². The normalized spacial score (nSPS) is 21.4. The van der Waals surface area contributed by atoms with Gasteiger partial charge in [-0.3, -0.25) is 4.79 Å². The Balaban J connectivity index is 1.60. The minimum Gasteiger partial charge on any atom is -0.454 e. The Morgan fingerprint density at radius 2 is 1.52 bits per heavy atom. The van der Waals surface area contributed by atoms with Crippen LogP contribution in [-0.2, 0) is 19.1 Å². The van der Waals surface area contributed by atoms with Crippen LogP contribution in [0.25, 0.3) is 0 Å². The molecule has 0 aromatic rings. The van der Waals surface area contributed by atoms with Crippen LogP contribution < -0.4 is 0 Å². The van der Waals surface area contributed by atoms with Crippen LogP contribution in [0.15, 0.2) is 23.0 Å². The van der Waals surface area contributed by atoms with Crippen molar-refractivity contribution in [1.82, 2.24) is 0 Å². The quantitative estimate of drug-likeness (QED) is 0.185. The molecule has 2 atom stereocenters. The molecule has 0 saturated heterocycles. The highest BCUT2D eigenvalue weighted by molar-refractivity contribution is 5.96. The molecule has 0 radical (unpaired) electrons. The molecule has 0 unspecified atom stereocenters. The molecular weight excluding hydrogens is 416 g/mol. The van der Waals surface area contributed by atoms with Crippen LogP contribution in [0, 0.1) is 0 Å². The highest BCUT2D eigenvalue weighted by atomic mass is 16.6. The fourth-order valence-electron chi connectivity index (χ4n) is 4.72. The van der Waals surface area contributed by atoms with Crippen molar-refractivity contribution in [3.8, 4) is 0 Å². The summed E-state index contributed by atoms with van der Waals surface area (Å²) in [5, 5.41) is 10.4. The first kappa shape index (κ1) is 27.6. The third kappa shape index (κ3) is 9.64. The van der Waals surface area contributed by atoms with Crippen LogP contribution in [0.4, 0.5) is 0 Å². The summed E-state index contributed by atoms with van der Waals surface area (Å²) in [5.41, 5.74) is 1.15. The second kappa shape index (κ2) is 16.1. The molecule has 2 aliphatic rings. The first-order valence-corrected chi connectivity index (χ1v) is 13.6. The van der Waals surface area contributed by atoms with Crippen molar-refractivity contribution in [2.75, 3.05) is 0 Å². The molecule has 2 rings (SSSR count). The van der Waals surface area contributed by atoms with Crippen LogP contribution in [0.1, 0.15) is 129 Å². The highest BCUT2D eigenvalue weighted by Gasteiger charge is 2.43. The van der Waals surface area contributed by atoms with E-state index in [0.29, 0.717) is 30.6 Å². The zero-order valence-electron chi connectivity index (χ0n) is 21.0. The number of aliphatic hydroxyl groups is 1. The molecule has 0 saturated carbocycles. The Bertz CT molecular complexity index is 663. The standard InChI is InChI=1S/C28H46O5/c1-3-5-7-8-9-10-11-12-13-14-15-16-17-19-25(30)33-27-23(29)21-20-22-24(18-6-4-2)32-28(31)26(22)27/h18,23,27,29H,3-17,19-21H2,1-2H3/b24-18-/t23-,27-/m1/s1. The van der Waals surface area contributed by atoms with Crippen LogP contribution in [0.3, 0.4) is 0 Å². The summed E-state index contributed by atoms with van der Waals surface area (Å²) in [5.74, 6) is -0.235. The summed E-state index contributed by atoms with van der Waals surface area (Å²) in [7, 11) is 0. The number of carbonyl (C=O) groups excluding carboxylic acids is 2. The highest BCUT2D eigenvalue weighted by Crippen LogP contribution is 2.39. The van der Waals surface area contributed by atoms with Gasteiger partial charge in [0, 0.05) is 12.0 Å². The number of ether oxygens (including phenoxy) is 2. The molecule has 0 fully saturated rings. The second-order valence-corrected chi connectivity index (χ2v) is 9.65. The predicted octanol–water partition coefficient (Wildman–Crippen LogP) is 7.07. The number of unbranched alkanes of at least 4 members (excludes halogenated alkanes) is 13. The van der Waals surface area contributed by atoms with Crippen LogP contribution >= 0.6 is 0 Å². The maximum Gasteiger partial charge on any atom is 0.343 e. The Kier molecular flexibility index (Phi) is 13.5. The third-order valence-corrected chi connectivity index (χ3v) is 6.73.